The maximum absolute atomic E-state index is 13.4. The van der Waals surface area contributed by atoms with Crippen LogP contribution < -0.4 is 9.88 Å². The molecule has 2 aromatic rings. The minimum absolute atomic E-state index is 0.0472. The van der Waals surface area contributed by atoms with Crippen LogP contribution in [0.5, 0.6) is 5.75 Å². The van der Waals surface area contributed by atoms with E-state index in [1.165, 1.54) is 13.2 Å². The van der Waals surface area contributed by atoms with Gasteiger partial charge in [-0.3, -0.25) is 4.79 Å². The molecule has 0 heterocycles. The van der Waals surface area contributed by atoms with Gasteiger partial charge in [0.25, 0.3) is 5.91 Å². The predicted octanol–water partition coefficient (Wildman–Crippen LogP) is 4.51. The average Bonchev–Trinajstić information content (AvgIpc) is 2.71. The van der Waals surface area contributed by atoms with Crippen molar-refractivity contribution < 1.29 is 18.8 Å². The van der Waals surface area contributed by atoms with Crippen LogP contribution in [0.2, 0.25) is 0 Å². The first kappa shape index (κ1) is 26.5. The minimum Gasteiger partial charge on any atom is -0.495 e. The van der Waals surface area contributed by atoms with E-state index in [0.29, 0.717) is 11.1 Å². The van der Waals surface area contributed by atoms with E-state index in [4.69, 9.17) is 9.88 Å². The highest BCUT2D eigenvalue weighted by Crippen LogP contribution is 2.32. The highest BCUT2D eigenvalue weighted by molar-refractivity contribution is 7.91. The monoisotopic (exact) mass is 471 g/mol. The summed E-state index contributed by atoms with van der Waals surface area (Å²) in [5, 5.41) is 25.8. The summed E-state index contributed by atoms with van der Waals surface area (Å²) in [6.45, 7) is 11.1. The minimum atomic E-state index is -3.65. The van der Waals surface area contributed by atoms with Crippen LogP contribution in [0.4, 0.5) is 0 Å². The van der Waals surface area contributed by atoms with Gasteiger partial charge in [-0.1, -0.05) is 33.8 Å². The largest absolute Gasteiger partial charge is 0.495 e. The highest BCUT2D eigenvalue weighted by Gasteiger charge is 2.24. The molecule has 0 aromatic heterocycles. The molecule has 1 amide bonds. The molecular weight excluding hydrogens is 438 g/mol. The Labute approximate surface area is 196 Å². The second kappa shape index (κ2) is 10.0. The van der Waals surface area contributed by atoms with Crippen LogP contribution in [0.1, 0.15) is 81.2 Å². The number of ether oxygens (including phenoxy) is 1. The van der Waals surface area contributed by atoms with Gasteiger partial charge in [-0.2, -0.15) is 5.26 Å². The fourth-order valence-corrected chi connectivity index (χ4v) is 4.89. The quantitative estimate of drug-likeness (QED) is 0.614. The van der Waals surface area contributed by atoms with Gasteiger partial charge in [0.05, 0.1) is 30.8 Å². The fraction of sp³-hybridized carbons (Fsp3) is 0.440. The molecule has 7 nitrogen and oxygen atoms in total. The molecule has 0 fully saturated rings. The first-order valence-electron chi connectivity index (χ1n) is 10.8. The topological polar surface area (TPSA) is 126 Å². The summed E-state index contributed by atoms with van der Waals surface area (Å²) in [5.74, 6) is -0.267. The Morgan fingerprint density at radius 2 is 1.73 bits per heavy atom. The van der Waals surface area contributed by atoms with E-state index >= 15 is 0 Å². The second-order valence-corrected chi connectivity index (χ2v) is 11.0. The lowest BCUT2D eigenvalue weighted by Crippen LogP contribution is -2.20. The van der Waals surface area contributed by atoms with Gasteiger partial charge in [0.15, 0.2) is 0 Å². The normalized spacial score (nSPS) is 13.5. The summed E-state index contributed by atoms with van der Waals surface area (Å²) in [5.41, 5.74) is 2.33. The zero-order valence-corrected chi connectivity index (χ0v) is 21.1. The third-order valence-corrected chi connectivity index (χ3v) is 6.87. The Morgan fingerprint density at radius 3 is 2.15 bits per heavy atom. The van der Waals surface area contributed by atoms with Crippen molar-refractivity contribution in [2.45, 2.75) is 70.3 Å². The van der Waals surface area contributed by atoms with Gasteiger partial charge in [-0.15, -0.1) is 4.36 Å². The van der Waals surface area contributed by atoms with E-state index in [2.05, 4.69) is 10.4 Å². The summed E-state index contributed by atoms with van der Waals surface area (Å²) < 4.78 is 22.5. The van der Waals surface area contributed by atoms with Crippen molar-refractivity contribution in [1.82, 2.24) is 0 Å². The number of carbonyl (C=O) groups is 1. The van der Waals surface area contributed by atoms with E-state index < -0.39 is 21.4 Å². The number of methoxy groups -OCH3 is 1. The third-order valence-electron chi connectivity index (χ3n) is 5.44. The predicted molar refractivity (Wildman–Crippen MR) is 129 cm³/mol. The van der Waals surface area contributed by atoms with Crippen molar-refractivity contribution in [2.24, 2.45) is 9.50 Å². The average molecular weight is 472 g/mol. The second-order valence-electron chi connectivity index (χ2n) is 9.21. The zero-order valence-electron chi connectivity index (χ0n) is 20.3. The van der Waals surface area contributed by atoms with E-state index in [-0.39, 0.29) is 28.9 Å². The molecule has 0 aliphatic carbocycles. The summed E-state index contributed by atoms with van der Waals surface area (Å²) in [4.78, 5) is 13.1. The lowest BCUT2D eigenvalue weighted by molar-refractivity contribution is -0.117. The summed E-state index contributed by atoms with van der Waals surface area (Å²) >= 11 is 0. The Kier molecular flexibility index (Phi) is 8.07. The number of carbonyl (C=O) groups excluding carboxylic acids is 1. The lowest BCUT2D eigenvalue weighted by Gasteiger charge is -2.20. The number of hydrogen-bond acceptors (Lipinski definition) is 5. The summed E-state index contributed by atoms with van der Waals surface area (Å²) in [6.07, 6.45) is -0.0889. The Morgan fingerprint density at radius 1 is 1.18 bits per heavy atom. The molecule has 3 N–H and O–H groups in total. The molecule has 0 bridgehead atoms. The number of amides is 1. The van der Waals surface area contributed by atoms with Crippen molar-refractivity contribution in [3.05, 3.63) is 58.1 Å². The van der Waals surface area contributed by atoms with Gasteiger partial charge < -0.3 is 9.84 Å². The molecule has 0 saturated carbocycles. The van der Waals surface area contributed by atoms with Crippen molar-refractivity contribution in [2.75, 3.05) is 7.11 Å². The molecule has 2 rings (SSSR count). The smallest absolute Gasteiger partial charge is 0.259 e. The molecule has 33 heavy (non-hydrogen) atoms. The number of nitrogens with zero attached hydrogens (tertiary/aromatic N) is 2. The van der Waals surface area contributed by atoms with E-state index in [0.717, 1.165) is 16.7 Å². The molecule has 0 saturated heterocycles. The van der Waals surface area contributed by atoms with E-state index in [1.807, 2.05) is 27.7 Å². The van der Waals surface area contributed by atoms with Crippen LogP contribution in [0.3, 0.4) is 0 Å². The number of hydrogen-bond donors (Lipinski definition) is 2. The fourth-order valence-electron chi connectivity index (χ4n) is 3.69. The van der Waals surface area contributed by atoms with E-state index in [9.17, 15) is 19.4 Å². The first-order valence-corrected chi connectivity index (χ1v) is 12.3. The first-order chi connectivity index (χ1) is 15.2. The molecule has 0 radical (unpaired) electrons. The van der Waals surface area contributed by atoms with Crippen LogP contribution >= 0.6 is 0 Å². The third kappa shape index (κ3) is 6.20. The molecule has 8 heteroatoms. The number of benzene rings is 2. The van der Waals surface area contributed by atoms with Gasteiger partial charge in [-0.05, 0) is 72.2 Å². The van der Waals surface area contributed by atoms with Gasteiger partial charge >= 0.3 is 0 Å². The van der Waals surface area contributed by atoms with Gasteiger partial charge in [0.1, 0.15) is 20.6 Å². The lowest BCUT2D eigenvalue weighted by atomic mass is 9.85. The van der Waals surface area contributed by atoms with Gasteiger partial charge in [0.2, 0.25) is 0 Å². The summed E-state index contributed by atoms with van der Waals surface area (Å²) in [7, 11) is -2.24. The van der Waals surface area contributed by atoms with Gasteiger partial charge in [0, 0.05) is 0 Å². The SMILES string of the molecule is COc1ccc(C(C)(C)O)cc1S(N)(=O)=NC(=O)Cc1c(C(C)C)cc(C#N)cc1C(C)C. The van der Waals surface area contributed by atoms with E-state index in [1.54, 1.807) is 38.1 Å². The van der Waals surface area contributed by atoms with Crippen LogP contribution in [0, 0.1) is 11.3 Å². The molecule has 0 aliphatic heterocycles. The van der Waals surface area contributed by atoms with Crippen LogP contribution in [0.15, 0.2) is 39.6 Å². The maximum Gasteiger partial charge on any atom is 0.259 e. The molecule has 0 spiro atoms. The van der Waals surface area contributed by atoms with Crippen molar-refractivity contribution in [3.63, 3.8) is 0 Å². The molecule has 178 valence electrons. The van der Waals surface area contributed by atoms with Crippen LogP contribution in [0.25, 0.3) is 0 Å². The standard InChI is InChI=1S/C25H33N3O4S/c1-15(2)19-10-17(14-26)11-20(16(3)4)21(19)13-24(29)28-33(27,31)23-12-18(25(5,6)30)8-9-22(23)32-7/h8-12,15-16,30H,13H2,1-7H3,(H2,27,28,29,31). The van der Waals surface area contributed by atoms with Crippen molar-refractivity contribution >= 4 is 15.8 Å². The zero-order chi connectivity index (χ0) is 25.1. The number of aliphatic hydroxyl groups is 1. The molecular formula is C25H33N3O4S. The highest BCUT2D eigenvalue weighted by atomic mass is 32.2. The molecule has 1 atom stereocenters. The van der Waals surface area contributed by atoms with Gasteiger partial charge in [-0.25, -0.2) is 9.35 Å². The maximum atomic E-state index is 13.4. The molecule has 1 unspecified atom stereocenters. The van der Waals surface area contributed by atoms with Crippen molar-refractivity contribution in [1.29, 1.82) is 5.26 Å². The Bertz CT molecular complexity index is 1180. The summed E-state index contributed by atoms with van der Waals surface area (Å²) in [6, 6.07) is 10.4. The Hall–Kier alpha value is -2.73. The number of nitrogens with two attached hydrogens (primary N) is 1. The molecule has 0 aliphatic rings. The van der Waals surface area contributed by atoms with Crippen molar-refractivity contribution in [3.8, 4) is 11.8 Å². The number of rotatable bonds is 7. The molecule has 2 aromatic carbocycles. The van der Waals surface area contributed by atoms with Crippen LogP contribution in [-0.4, -0.2) is 22.3 Å². The van der Waals surface area contributed by atoms with Crippen LogP contribution in [-0.2, 0) is 26.7 Å². The number of nitriles is 1. The Balaban J connectivity index is 2.60.